The predicted molar refractivity (Wildman–Crippen MR) is 119 cm³/mol. The SMILES string of the molecule is CN(CCC(=O)Nc1ccccc1C(=O)NC1CC1)Cc1nc2ccccc2c(=O)[nH]1. The molecule has 3 N–H and O–H groups in total. The molecule has 0 saturated heterocycles. The van der Waals surface area contributed by atoms with Gasteiger partial charge in [-0.3, -0.25) is 19.3 Å². The Labute approximate surface area is 179 Å². The first kappa shape index (κ1) is 20.7. The number of anilines is 1. The zero-order chi connectivity index (χ0) is 21.8. The van der Waals surface area contributed by atoms with Crippen molar-refractivity contribution in [3.63, 3.8) is 0 Å². The van der Waals surface area contributed by atoms with E-state index in [1.165, 1.54) is 0 Å². The standard InChI is InChI=1S/C23H25N5O3/c1-28(14-20-25-18-8-4-2-6-16(18)23(31)27-20)13-12-21(29)26-19-9-5-3-7-17(19)22(30)24-15-10-11-15/h2-9,15H,10-14H2,1H3,(H,24,30)(H,26,29)(H,25,27,31). The number of aromatic nitrogens is 2. The highest BCUT2D eigenvalue weighted by molar-refractivity contribution is 6.03. The molecule has 1 aliphatic rings. The normalized spacial score (nSPS) is 13.4. The zero-order valence-electron chi connectivity index (χ0n) is 17.4. The van der Waals surface area contributed by atoms with E-state index in [0.29, 0.717) is 41.1 Å². The minimum atomic E-state index is -0.182. The molecule has 0 unspecified atom stereocenters. The van der Waals surface area contributed by atoms with Gasteiger partial charge in [0.1, 0.15) is 5.82 Å². The lowest BCUT2D eigenvalue weighted by Crippen LogP contribution is -2.28. The Morgan fingerprint density at radius 3 is 2.68 bits per heavy atom. The summed E-state index contributed by atoms with van der Waals surface area (Å²) in [6.45, 7) is 0.881. The maximum atomic E-state index is 12.5. The van der Waals surface area contributed by atoms with Crippen LogP contribution in [0.4, 0.5) is 5.69 Å². The van der Waals surface area contributed by atoms with Crippen molar-refractivity contribution in [1.29, 1.82) is 0 Å². The summed E-state index contributed by atoms with van der Waals surface area (Å²) in [6.07, 6.45) is 2.25. The molecule has 2 aromatic carbocycles. The Hall–Kier alpha value is -3.52. The summed E-state index contributed by atoms with van der Waals surface area (Å²) in [5, 5.41) is 6.34. The molecule has 3 aromatic rings. The van der Waals surface area contributed by atoms with E-state index >= 15 is 0 Å². The fraction of sp³-hybridized carbons (Fsp3) is 0.304. The van der Waals surface area contributed by atoms with Gasteiger partial charge < -0.3 is 15.6 Å². The second kappa shape index (κ2) is 9.09. The molecule has 1 saturated carbocycles. The fourth-order valence-corrected chi connectivity index (χ4v) is 3.33. The predicted octanol–water partition coefficient (Wildman–Crippen LogP) is 2.28. The van der Waals surface area contributed by atoms with Gasteiger partial charge in [0.15, 0.2) is 0 Å². The van der Waals surface area contributed by atoms with Crippen molar-refractivity contribution in [2.75, 3.05) is 18.9 Å². The quantitative estimate of drug-likeness (QED) is 0.519. The van der Waals surface area contributed by atoms with Gasteiger partial charge in [-0.25, -0.2) is 4.98 Å². The highest BCUT2D eigenvalue weighted by Gasteiger charge is 2.25. The van der Waals surface area contributed by atoms with Gasteiger partial charge in [0, 0.05) is 19.0 Å². The van der Waals surface area contributed by atoms with Crippen LogP contribution >= 0.6 is 0 Å². The van der Waals surface area contributed by atoms with Gasteiger partial charge in [0.2, 0.25) is 5.91 Å². The first-order chi connectivity index (χ1) is 15.0. The van der Waals surface area contributed by atoms with E-state index in [1.54, 1.807) is 42.5 Å². The van der Waals surface area contributed by atoms with E-state index in [1.807, 2.05) is 18.0 Å². The molecule has 1 heterocycles. The number of nitrogens with one attached hydrogen (secondary N) is 3. The van der Waals surface area contributed by atoms with E-state index in [2.05, 4.69) is 20.6 Å². The number of aromatic amines is 1. The Bertz CT molecular complexity index is 1170. The lowest BCUT2D eigenvalue weighted by Gasteiger charge is -2.16. The average Bonchev–Trinajstić information content (AvgIpc) is 3.57. The number of hydrogen-bond donors (Lipinski definition) is 3. The van der Waals surface area contributed by atoms with Crippen molar-refractivity contribution in [1.82, 2.24) is 20.2 Å². The van der Waals surface area contributed by atoms with E-state index in [9.17, 15) is 14.4 Å². The third-order valence-corrected chi connectivity index (χ3v) is 5.16. The highest BCUT2D eigenvalue weighted by atomic mass is 16.2. The molecule has 4 rings (SSSR count). The molecule has 0 atom stereocenters. The van der Waals surface area contributed by atoms with Gasteiger partial charge in [-0.1, -0.05) is 24.3 Å². The molecule has 2 amide bonds. The highest BCUT2D eigenvalue weighted by Crippen LogP contribution is 2.21. The van der Waals surface area contributed by atoms with Crippen molar-refractivity contribution in [3.05, 3.63) is 70.3 Å². The number of carbonyl (C=O) groups excluding carboxylic acids is 2. The molecular weight excluding hydrogens is 394 g/mol. The Kier molecular flexibility index (Phi) is 6.08. The van der Waals surface area contributed by atoms with E-state index in [4.69, 9.17) is 0 Å². The third-order valence-electron chi connectivity index (χ3n) is 5.16. The molecule has 1 fully saturated rings. The summed E-state index contributed by atoms with van der Waals surface area (Å²) in [7, 11) is 1.86. The van der Waals surface area contributed by atoms with Crippen molar-refractivity contribution < 1.29 is 9.59 Å². The van der Waals surface area contributed by atoms with Gasteiger partial charge in [-0.05, 0) is 44.2 Å². The zero-order valence-corrected chi connectivity index (χ0v) is 17.4. The number of H-pyrrole nitrogens is 1. The number of amides is 2. The fourth-order valence-electron chi connectivity index (χ4n) is 3.33. The van der Waals surface area contributed by atoms with Crippen LogP contribution in [-0.2, 0) is 11.3 Å². The molecule has 31 heavy (non-hydrogen) atoms. The first-order valence-electron chi connectivity index (χ1n) is 10.4. The van der Waals surface area contributed by atoms with Crippen LogP contribution in [0.5, 0.6) is 0 Å². The van der Waals surface area contributed by atoms with Crippen molar-refractivity contribution >= 4 is 28.4 Å². The smallest absolute Gasteiger partial charge is 0.258 e. The molecule has 8 heteroatoms. The molecule has 0 aliphatic heterocycles. The number of para-hydroxylation sites is 2. The number of hydrogen-bond acceptors (Lipinski definition) is 5. The van der Waals surface area contributed by atoms with E-state index in [-0.39, 0.29) is 29.8 Å². The molecule has 1 aromatic heterocycles. The Balaban J connectivity index is 1.33. The molecule has 0 bridgehead atoms. The Morgan fingerprint density at radius 1 is 1.13 bits per heavy atom. The lowest BCUT2D eigenvalue weighted by molar-refractivity contribution is -0.116. The molecule has 0 radical (unpaired) electrons. The Morgan fingerprint density at radius 2 is 1.87 bits per heavy atom. The van der Waals surface area contributed by atoms with E-state index < -0.39 is 0 Å². The lowest BCUT2D eigenvalue weighted by atomic mass is 10.1. The summed E-state index contributed by atoms with van der Waals surface area (Å²) >= 11 is 0. The van der Waals surface area contributed by atoms with Crippen LogP contribution in [0, 0.1) is 0 Å². The summed E-state index contributed by atoms with van der Waals surface area (Å²) in [5.74, 6) is 0.203. The number of nitrogens with zero attached hydrogens (tertiary/aromatic N) is 2. The van der Waals surface area contributed by atoms with Crippen LogP contribution in [0.15, 0.2) is 53.3 Å². The van der Waals surface area contributed by atoms with Crippen LogP contribution in [0.25, 0.3) is 10.9 Å². The van der Waals surface area contributed by atoms with Gasteiger partial charge in [0.05, 0.1) is 28.7 Å². The number of fused-ring (bicyclic) bond motifs is 1. The summed E-state index contributed by atoms with van der Waals surface area (Å²) in [4.78, 5) is 46.2. The second-order valence-electron chi connectivity index (χ2n) is 7.86. The van der Waals surface area contributed by atoms with Gasteiger partial charge in [0.25, 0.3) is 11.5 Å². The van der Waals surface area contributed by atoms with Crippen molar-refractivity contribution in [2.45, 2.75) is 31.8 Å². The van der Waals surface area contributed by atoms with Gasteiger partial charge in [-0.2, -0.15) is 0 Å². The topological polar surface area (TPSA) is 107 Å². The number of benzene rings is 2. The number of carbonyl (C=O) groups is 2. The van der Waals surface area contributed by atoms with Gasteiger partial charge >= 0.3 is 0 Å². The molecule has 0 spiro atoms. The minimum Gasteiger partial charge on any atom is -0.349 e. The largest absolute Gasteiger partial charge is 0.349 e. The summed E-state index contributed by atoms with van der Waals surface area (Å²) < 4.78 is 0. The van der Waals surface area contributed by atoms with Crippen LogP contribution in [0.1, 0.15) is 35.4 Å². The average molecular weight is 419 g/mol. The van der Waals surface area contributed by atoms with Crippen LogP contribution in [0.3, 0.4) is 0 Å². The summed E-state index contributed by atoms with van der Waals surface area (Å²) in [6, 6.07) is 14.4. The first-order valence-corrected chi connectivity index (χ1v) is 10.4. The van der Waals surface area contributed by atoms with Gasteiger partial charge in [-0.15, -0.1) is 0 Å². The molecular formula is C23H25N5O3. The minimum absolute atomic E-state index is 0.165. The second-order valence-corrected chi connectivity index (χ2v) is 7.86. The maximum Gasteiger partial charge on any atom is 0.258 e. The number of rotatable bonds is 8. The molecule has 160 valence electrons. The van der Waals surface area contributed by atoms with Crippen LogP contribution in [-0.4, -0.2) is 46.3 Å². The van der Waals surface area contributed by atoms with E-state index in [0.717, 1.165) is 12.8 Å². The van der Waals surface area contributed by atoms with Crippen molar-refractivity contribution in [3.8, 4) is 0 Å². The van der Waals surface area contributed by atoms with Crippen LogP contribution < -0.4 is 16.2 Å². The van der Waals surface area contributed by atoms with Crippen molar-refractivity contribution in [2.24, 2.45) is 0 Å². The monoisotopic (exact) mass is 419 g/mol. The molecule has 1 aliphatic carbocycles. The third kappa shape index (κ3) is 5.35. The summed E-state index contributed by atoms with van der Waals surface area (Å²) in [5.41, 5.74) is 1.45. The maximum absolute atomic E-state index is 12.5. The molecule has 8 nitrogen and oxygen atoms in total. The van der Waals surface area contributed by atoms with Crippen LogP contribution in [0.2, 0.25) is 0 Å².